The van der Waals surface area contributed by atoms with Gasteiger partial charge in [0.15, 0.2) is 0 Å². The predicted octanol–water partition coefficient (Wildman–Crippen LogP) is 2.45. The lowest BCUT2D eigenvalue weighted by atomic mass is 10.0. The lowest BCUT2D eigenvalue weighted by Gasteiger charge is -2.36. The Labute approximate surface area is 136 Å². The molecule has 1 aliphatic heterocycles. The Kier molecular flexibility index (Phi) is 5.05. The fourth-order valence-electron chi connectivity index (χ4n) is 2.94. The Bertz CT molecular complexity index is 630. The smallest absolute Gasteiger partial charge is 0.338 e. The van der Waals surface area contributed by atoms with Gasteiger partial charge < -0.3 is 10.5 Å². The molecule has 2 N–H and O–H groups in total. The lowest BCUT2D eigenvalue weighted by Crippen LogP contribution is -2.52. The van der Waals surface area contributed by atoms with E-state index in [1.807, 2.05) is 36.4 Å². The van der Waals surface area contributed by atoms with Gasteiger partial charge in [-0.25, -0.2) is 4.79 Å². The molecule has 1 saturated heterocycles. The number of nitrogens with two attached hydrogens (primary N) is 1. The molecule has 0 aliphatic carbocycles. The number of hydrogen-bond donors (Lipinski definition) is 1. The van der Waals surface area contributed by atoms with Crippen molar-refractivity contribution in [1.82, 2.24) is 4.90 Å². The van der Waals surface area contributed by atoms with Crippen LogP contribution >= 0.6 is 0 Å². The minimum Gasteiger partial charge on any atom is -0.457 e. The Morgan fingerprint density at radius 1 is 1.09 bits per heavy atom. The zero-order valence-corrected chi connectivity index (χ0v) is 13.1. The van der Waals surface area contributed by atoms with Crippen molar-refractivity contribution in [3.05, 3.63) is 71.8 Å². The van der Waals surface area contributed by atoms with Gasteiger partial charge in [-0.15, -0.1) is 0 Å². The first-order valence-electron chi connectivity index (χ1n) is 8.00. The molecule has 3 rings (SSSR count). The van der Waals surface area contributed by atoms with Crippen LogP contribution in [0.5, 0.6) is 0 Å². The Morgan fingerprint density at radius 2 is 1.74 bits per heavy atom. The summed E-state index contributed by atoms with van der Waals surface area (Å²) in [5.41, 5.74) is 8.08. The number of carbonyl (C=O) groups excluding carboxylic acids is 1. The number of ether oxygens (including phenoxy) is 1. The van der Waals surface area contributed by atoms with Crippen LogP contribution in [0.4, 0.5) is 0 Å². The normalized spacial score (nSPS) is 21.8. The van der Waals surface area contributed by atoms with Crippen molar-refractivity contribution < 1.29 is 9.53 Å². The second kappa shape index (κ2) is 7.40. The summed E-state index contributed by atoms with van der Waals surface area (Å²) in [7, 11) is 0. The molecule has 0 amide bonds. The minimum absolute atomic E-state index is 0.153. The number of nitrogens with zero attached hydrogens (tertiary/aromatic N) is 1. The first-order chi connectivity index (χ1) is 11.2. The average Bonchev–Trinajstić information content (AvgIpc) is 2.59. The first-order valence-corrected chi connectivity index (χ1v) is 8.00. The van der Waals surface area contributed by atoms with Crippen molar-refractivity contribution in [1.29, 1.82) is 0 Å². The molecular weight excluding hydrogens is 288 g/mol. The highest BCUT2D eigenvalue weighted by Gasteiger charge is 2.29. The van der Waals surface area contributed by atoms with Crippen LogP contribution in [-0.2, 0) is 11.3 Å². The number of benzene rings is 2. The number of hydrogen-bond acceptors (Lipinski definition) is 4. The predicted molar refractivity (Wildman–Crippen MR) is 90.0 cm³/mol. The third-order valence-corrected chi connectivity index (χ3v) is 4.19. The maximum absolute atomic E-state index is 12.1. The summed E-state index contributed by atoms with van der Waals surface area (Å²) >= 11 is 0. The van der Waals surface area contributed by atoms with Crippen LogP contribution in [0, 0.1) is 0 Å². The summed E-state index contributed by atoms with van der Waals surface area (Å²) < 4.78 is 5.60. The Balaban J connectivity index is 1.53. The molecule has 0 spiro atoms. The molecule has 2 unspecified atom stereocenters. The highest BCUT2D eigenvalue weighted by molar-refractivity contribution is 5.89. The zero-order chi connectivity index (χ0) is 16.1. The molecule has 23 heavy (non-hydrogen) atoms. The SMILES string of the molecule is NC1CN(Cc2ccccc2)CCC1OC(=O)c1ccccc1. The summed E-state index contributed by atoms with van der Waals surface area (Å²) in [6.07, 6.45) is 0.557. The molecular formula is C19H22N2O2. The van der Waals surface area contributed by atoms with Gasteiger partial charge in [0.25, 0.3) is 0 Å². The minimum atomic E-state index is -0.289. The highest BCUT2D eigenvalue weighted by Crippen LogP contribution is 2.17. The molecule has 2 atom stereocenters. The molecule has 0 aromatic heterocycles. The van der Waals surface area contributed by atoms with Crippen LogP contribution in [0.2, 0.25) is 0 Å². The summed E-state index contributed by atoms with van der Waals surface area (Å²) in [5.74, 6) is -0.289. The maximum atomic E-state index is 12.1. The third-order valence-electron chi connectivity index (χ3n) is 4.19. The molecule has 0 radical (unpaired) electrons. The number of rotatable bonds is 4. The van der Waals surface area contributed by atoms with Gasteiger partial charge in [-0.05, 0) is 24.1 Å². The fourth-order valence-corrected chi connectivity index (χ4v) is 2.94. The molecule has 1 aliphatic rings. The highest BCUT2D eigenvalue weighted by atomic mass is 16.5. The van der Waals surface area contributed by atoms with E-state index in [9.17, 15) is 4.79 Å². The Hall–Kier alpha value is -2.17. The largest absolute Gasteiger partial charge is 0.457 e. The van der Waals surface area contributed by atoms with Gasteiger partial charge in [-0.3, -0.25) is 4.90 Å². The second-order valence-electron chi connectivity index (χ2n) is 5.98. The van der Waals surface area contributed by atoms with E-state index in [-0.39, 0.29) is 18.1 Å². The molecule has 2 aromatic rings. The van der Waals surface area contributed by atoms with E-state index in [0.717, 1.165) is 26.1 Å². The standard InChI is InChI=1S/C19H22N2O2/c20-17-14-21(13-15-7-3-1-4-8-15)12-11-18(17)23-19(22)16-9-5-2-6-10-16/h1-10,17-18H,11-14,20H2. The van der Waals surface area contributed by atoms with Crippen molar-refractivity contribution in [2.45, 2.75) is 25.1 Å². The van der Waals surface area contributed by atoms with Crippen LogP contribution in [-0.4, -0.2) is 36.1 Å². The van der Waals surface area contributed by atoms with Crippen LogP contribution < -0.4 is 5.73 Å². The maximum Gasteiger partial charge on any atom is 0.338 e. The summed E-state index contributed by atoms with van der Waals surface area (Å²) in [4.78, 5) is 14.5. The van der Waals surface area contributed by atoms with E-state index in [0.29, 0.717) is 5.56 Å². The first kappa shape index (κ1) is 15.7. The lowest BCUT2D eigenvalue weighted by molar-refractivity contribution is 0.00217. The molecule has 1 fully saturated rings. The van der Waals surface area contributed by atoms with Crippen molar-refractivity contribution in [2.24, 2.45) is 5.73 Å². The average molecular weight is 310 g/mol. The topological polar surface area (TPSA) is 55.6 Å². The molecule has 4 heteroatoms. The van der Waals surface area contributed by atoms with Gasteiger partial charge in [-0.1, -0.05) is 48.5 Å². The third kappa shape index (κ3) is 4.18. The van der Waals surface area contributed by atoms with E-state index in [2.05, 4.69) is 17.0 Å². The van der Waals surface area contributed by atoms with E-state index < -0.39 is 0 Å². The van der Waals surface area contributed by atoms with Crippen LogP contribution in [0.25, 0.3) is 0 Å². The molecule has 2 aromatic carbocycles. The van der Waals surface area contributed by atoms with Gasteiger partial charge in [-0.2, -0.15) is 0 Å². The summed E-state index contributed by atoms with van der Waals surface area (Å²) in [5, 5.41) is 0. The van der Waals surface area contributed by atoms with Crippen molar-refractivity contribution >= 4 is 5.97 Å². The van der Waals surface area contributed by atoms with Crippen molar-refractivity contribution in [3.63, 3.8) is 0 Å². The van der Waals surface area contributed by atoms with Gasteiger partial charge in [0.2, 0.25) is 0 Å². The second-order valence-corrected chi connectivity index (χ2v) is 5.98. The van der Waals surface area contributed by atoms with Crippen molar-refractivity contribution in [3.8, 4) is 0 Å². The zero-order valence-electron chi connectivity index (χ0n) is 13.1. The van der Waals surface area contributed by atoms with Crippen LogP contribution in [0.3, 0.4) is 0 Å². The van der Waals surface area contributed by atoms with E-state index in [4.69, 9.17) is 10.5 Å². The number of carbonyl (C=O) groups is 1. The summed E-state index contributed by atoms with van der Waals surface area (Å²) in [6, 6.07) is 19.3. The van der Waals surface area contributed by atoms with Crippen molar-refractivity contribution in [2.75, 3.05) is 13.1 Å². The van der Waals surface area contributed by atoms with Gasteiger partial charge >= 0.3 is 5.97 Å². The Morgan fingerprint density at radius 3 is 2.39 bits per heavy atom. The number of esters is 1. The van der Waals surface area contributed by atoms with Gasteiger partial charge in [0, 0.05) is 19.6 Å². The van der Waals surface area contributed by atoms with E-state index in [1.165, 1.54) is 5.56 Å². The number of likely N-dealkylation sites (tertiary alicyclic amines) is 1. The monoisotopic (exact) mass is 310 g/mol. The van der Waals surface area contributed by atoms with Crippen LogP contribution in [0.15, 0.2) is 60.7 Å². The van der Waals surface area contributed by atoms with E-state index >= 15 is 0 Å². The summed E-state index contributed by atoms with van der Waals surface area (Å²) in [6.45, 7) is 2.50. The molecule has 0 saturated carbocycles. The van der Waals surface area contributed by atoms with Gasteiger partial charge in [0.1, 0.15) is 6.10 Å². The molecule has 1 heterocycles. The van der Waals surface area contributed by atoms with E-state index in [1.54, 1.807) is 12.1 Å². The van der Waals surface area contributed by atoms with Crippen LogP contribution in [0.1, 0.15) is 22.3 Å². The molecule has 120 valence electrons. The van der Waals surface area contributed by atoms with Gasteiger partial charge in [0.05, 0.1) is 11.6 Å². The number of piperidine rings is 1. The fraction of sp³-hybridized carbons (Fsp3) is 0.316. The molecule has 0 bridgehead atoms. The quantitative estimate of drug-likeness (QED) is 0.881. The molecule has 4 nitrogen and oxygen atoms in total.